The highest BCUT2D eigenvalue weighted by atomic mass is 32.2. The Labute approximate surface area is 289 Å². The summed E-state index contributed by atoms with van der Waals surface area (Å²) < 4.78 is 49.7. The summed E-state index contributed by atoms with van der Waals surface area (Å²) in [5.41, 5.74) is 1.70. The van der Waals surface area contributed by atoms with Crippen molar-refractivity contribution >= 4 is 28.0 Å². The fourth-order valence-electron chi connectivity index (χ4n) is 4.35. The molecule has 282 valence electrons. The van der Waals surface area contributed by atoms with E-state index >= 15 is 0 Å². The maximum atomic E-state index is 13.7. The molecular weight excluding hydrogens is 689 g/mol. The number of aromatic nitrogens is 2. The third kappa shape index (κ3) is 15.7. The molecule has 0 spiro atoms. The first-order chi connectivity index (χ1) is 23.5. The standard InChI is InChI=1S/C30H46FN5O13S/c1-20(2)28-26(29(21-7-9-22(31)10-8-21)33-30(32-28)34(3)50(4,44)45)12-11-23(37)17-24(38)18-27(39)47-15-6-5-14-46-16-13-25(49-36(42)43)19-48-35(40)41/h7-12,20,23-25,37-38,40-43H,5-6,13-19H2,1-4H3/b12-11+. The van der Waals surface area contributed by atoms with Crippen molar-refractivity contribution in [3.8, 4) is 11.3 Å². The van der Waals surface area contributed by atoms with Crippen LogP contribution < -0.4 is 4.31 Å². The van der Waals surface area contributed by atoms with Gasteiger partial charge in [0.1, 0.15) is 18.5 Å². The topological polar surface area (TPSA) is 245 Å². The summed E-state index contributed by atoms with van der Waals surface area (Å²) in [4.78, 5) is 30.1. The summed E-state index contributed by atoms with van der Waals surface area (Å²) in [5.74, 6) is -1.45. The van der Waals surface area contributed by atoms with Crippen LogP contribution in [0.25, 0.3) is 17.3 Å². The average molecular weight is 736 g/mol. The van der Waals surface area contributed by atoms with Crippen molar-refractivity contribution in [3.63, 3.8) is 0 Å². The van der Waals surface area contributed by atoms with Gasteiger partial charge in [0.15, 0.2) is 0 Å². The zero-order chi connectivity index (χ0) is 37.4. The van der Waals surface area contributed by atoms with Crippen LogP contribution in [0.1, 0.15) is 63.1 Å². The zero-order valence-corrected chi connectivity index (χ0v) is 29.0. The minimum Gasteiger partial charge on any atom is -0.466 e. The quantitative estimate of drug-likeness (QED) is 0.0545. The van der Waals surface area contributed by atoms with Crippen LogP contribution in [-0.2, 0) is 34.0 Å². The second-order valence-corrected chi connectivity index (χ2v) is 13.5. The summed E-state index contributed by atoms with van der Waals surface area (Å²) in [5, 5.41) is 54.6. The molecule has 0 aliphatic heterocycles. The van der Waals surface area contributed by atoms with E-state index < -0.39 is 57.5 Å². The Bertz CT molecular complexity index is 1470. The van der Waals surface area contributed by atoms with Gasteiger partial charge in [0, 0.05) is 44.2 Å². The van der Waals surface area contributed by atoms with E-state index in [2.05, 4.69) is 19.6 Å². The Hall–Kier alpha value is -3.25. The van der Waals surface area contributed by atoms with E-state index in [1.54, 1.807) is 6.08 Å². The Morgan fingerprint density at radius 1 is 1.00 bits per heavy atom. The highest BCUT2D eigenvalue weighted by Crippen LogP contribution is 2.31. The van der Waals surface area contributed by atoms with Gasteiger partial charge in [-0.3, -0.25) is 25.6 Å². The van der Waals surface area contributed by atoms with Crippen molar-refractivity contribution < 1.29 is 67.8 Å². The van der Waals surface area contributed by atoms with Gasteiger partial charge in [0.25, 0.3) is 0 Å². The molecule has 50 heavy (non-hydrogen) atoms. The molecule has 0 fully saturated rings. The first-order valence-corrected chi connectivity index (χ1v) is 17.4. The Morgan fingerprint density at radius 3 is 2.26 bits per heavy atom. The van der Waals surface area contributed by atoms with Gasteiger partial charge in [-0.2, -0.15) is 0 Å². The molecular formula is C30H46FN5O13S. The monoisotopic (exact) mass is 735 g/mol. The molecule has 2 rings (SSSR count). The summed E-state index contributed by atoms with van der Waals surface area (Å²) >= 11 is 0. The lowest BCUT2D eigenvalue weighted by Gasteiger charge is -2.20. The van der Waals surface area contributed by atoms with Gasteiger partial charge in [-0.15, -0.1) is 0 Å². The number of anilines is 1. The number of halogens is 1. The highest BCUT2D eigenvalue weighted by Gasteiger charge is 2.23. The molecule has 0 aliphatic rings. The summed E-state index contributed by atoms with van der Waals surface area (Å²) in [6, 6.07) is 5.45. The molecule has 0 amide bonds. The van der Waals surface area contributed by atoms with Crippen LogP contribution in [0.2, 0.25) is 0 Å². The number of ether oxygens (including phenoxy) is 2. The number of carbonyl (C=O) groups is 1. The molecule has 1 aromatic carbocycles. The molecule has 0 bridgehead atoms. The lowest BCUT2D eigenvalue weighted by atomic mass is 9.97. The Morgan fingerprint density at radius 2 is 1.66 bits per heavy atom. The number of benzene rings is 1. The van der Waals surface area contributed by atoms with Crippen molar-refractivity contribution in [2.24, 2.45) is 0 Å². The van der Waals surface area contributed by atoms with E-state index in [-0.39, 0.29) is 50.9 Å². The second-order valence-electron chi connectivity index (χ2n) is 11.4. The fraction of sp³-hybridized carbons (Fsp3) is 0.567. The predicted molar refractivity (Wildman–Crippen MR) is 172 cm³/mol. The molecule has 3 atom stereocenters. The van der Waals surface area contributed by atoms with Crippen molar-refractivity contribution in [2.45, 2.75) is 70.2 Å². The lowest BCUT2D eigenvalue weighted by Crippen LogP contribution is -2.32. The number of nitrogens with zero attached hydrogens (tertiary/aromatic N) is 5. The maximum Gasteiger partial charge on any atom is 0.308 e. The van der Waals surface area contributed by atoms with Gasteiger partial charge >= 0.3 is 5.97 Å². The van der Waals surface area contributed by atoms with Crippen molar-refractivity contribution in [1.29, 1.82) is 0 Å². The molecule has 3 unspecified atom stereocenters. The third-order valence-electron chi connectivity index (χ3n) is 6.96. The number of carbonyl (C=O) groups excluding carboxylic acids is 1. The molecule has 1 heterocycles. The molecule has 0 radical (unpaired) electrons. The fourth-order valence-corrected chi connectivity index (χ4v) is 4.73. The second kappa shape index (κ2) is 21.2. The molecule has 1 aromatic heterocycles. The molecule has 2 aromatic rings. The van der Waals surface area contributed by atoms with Gasteiger partial charge in [-0.25, -0.2) is 36.8 Å². The van der Waals surface area contributed by atoms with E-state index in [0.29, 0.717) is 35.4 Å². The number of hydrogen-bond acceptors (Lipinski definition) is 17. The largest absolute Gasteiger partial charge is 0.466 e. The molecule has 0 aliphatic carbocycles. The van der Waals surface area contributed by atoms with Crippen LogP contribution in [0.3, 0.4) is 0 Å². The SMILES string of the molecule is CC(C)c1nc(N(C)S(C)(=O)=O)nc(-c2ccc(F)cc2)c1/C=C/C(O)CC(O)CC(=O)OCCCCOCCC(CON(O)O)ON(O)O. The zero-order valence-electron chi connectivity index (χ0n) is 28.2. The van der Waals surface area contributed by atoms with Crippen LogP contribution in [-0.4, -0.2) is 124 Å². The minimum atomic E-state index is -3.70. The Kier molecular flexibility index (Phi) is 18.2. The summed E-state index contributed by atoms with van der Waals surface area (Å²) in [6.07, 6.45) is 1.03. The lowest BCUT2D eigenvalue weighted by molar-refractivity contribution is -0.527. The smallest absolute Gasteiger partial charge is 0.308 e. The molecule has 18 nitrogen and oxygen atoms in total. The number of unbranched alkanes of at least 4 members (excludes halogenated alkanes) is 1. The van der Waals surface area contributed by atoms with Crippen LogP contribution in [0.5, 0.6) is 0 Å². The van der Waals surface area contributed by atoms with E-state index in [4.69, 9.17) is 30.3 Å². The highest BCUT2D eigenvalue weighted by molar-refractivity contribution is 7.92. The Balaban J connectivity index is 1.92. The first-order valence-electron chi connectivity index (χ1n) is 15.5. The van der Waals surface area contributed by atoms with E-state index in [1.165, 1.54) is 37.4 Å². The van der Waals surface area contributed by atoms with E-state index in [0.717, 1.165) is 10.6 Å². The van der Waals surface area contributed by atoms with Gasteiger partial charge in [-0.05, 0) is 43.0 Å². The number of aliphatic hydroxyl groups excluding tert-OH is 2. The van der Waals surface area contributed by atoms with Gasteiger partial charge < -0.3 is 19.7 Å². The van der Waals surface area contributed by atoms with Crippen LogP contribution in [0.15, 0.2) is 30.3 Å². The summed E-state index contributed by atoms with van der Waals surface area (Å²) in [7, 11) is -2.39. The van der Waals surface area contributed by atoms with E-state index in [9.17, 15) is 27.8 Å². The third-order valence-corrected chi connectivity index (χ3v) is 8.12. The first kappa shape index (κ1) is 42.9. The normalized spacial score (nSPS) is 14.1. The van der Waals surface area contributed by atoms with Gasteiger partial charge in [-0.1, -0.05) is 26.0 Å². The van der Waals surface area contributed by atoms with Crippen molar-refractivity contribution in [3.05, 3.63) is 47.4 Å². The molecule has 20 heteroatoms. The van der Waals surface area contributed by atoms with Crippen LogP contribution in [0, 0.1) is 5.82 Å². The molecule has 0 saturated heterocycles. The average Bonchev–Trinajstić information content (AvgIpc) is 3.02. The van der Waals surface area contributed by atoms with Gasteiger partial charge in [0.2, 0.25) is 16.0 Å². The number of esters is 1. The predicted octanol–water partition coefficient (Wildman–Crippen LogP) is 2.44. The molecule has 0 saturated carbocycles. The van der Waals surface area contributed by atoms with Crippen LogP contribution in [0.4, 0.5) is 10.3 Å². The number of hydrogen-bond donors (Lipinski definition) is 6. The number of rotatable bonds is 23. The van der Waals surface area contributed by atoms with Crippen molar-refractivity contribution in [2.75, 3.05) is 44.0 Å². The van der Waals surface area contributed by atoms with E-state index in [1.807, 2.05) is 13.8 Å². The molecule has 6 N–H and O–H groups in total. The van der Waals surface area contributed by atoms with Crippen molar-refractivity contribution in [1.82, 2.24) is 20.7 Å². The van der Waals surface area contributed by atoms with Gasteiger partial charge in [0.05, 0.1) is 53.7 Å². The minimum absolute atomic E-state index is 0.0540. The number of sulfonamides is 1. The summed E-state index contributed by atoms with van der Waals surface area (Å²) in [6.45, 7) is 3.69. The maximum absolute atomic E-state index is 13.7. The van der Waals surface area contributed by atoms with Crippen LogP contribution >= 0.6 is 0 Å². The number of aliphatic hydroxyl groups is 2.